The average Bonchev–Trinajstić information content (AvgIpc) is 3.34. The molecule has 0 aliphatic heterocycles. The smallest absolute Gasteiger partial charge is 0.422 e. The number of halogens is 4. The number of pyridine rings is 1. The maximum atomic E-state index is 12.6. The molecule has 5 nitrogen and oxygen atoms in total. The van der Waals surface area contributed by atoms with Gasteiger partial charge in [0.1, 0.15) is 10.9 Å². The van der Waals surface area contributed by atoms with Crippen molar-refractivity contribution >= 4 is 28.0 Å². The minimum atomic E-state index is -4.41. The minimum Gasteiger partial charge on any atom is -0.482 e. The second kappa shape index (κ2) is 6.59. The summed E-state index contributed by atoms with van der Waals surface area (Å²) in [5.74, 6) is 0.572. The third-order valence-corrected chi connectivity index (χ3v) is 5.30. The van der Waals surface area contributed by atoms with Crippen LogP contribution in [0.15, 0.2) is 49.1 Å². The Labute approximate surface area is 168 Å². The van der Waals surface area contributed by atoms with Crippen LogP contribution in [-0.2, 0) is 0 Å². The zero-order valence-electron chi connectivity index (χ0n) is 14.9. The van der Waals surface area contributed by atoms with Gasteiger partial charge < -0.3 is 4.74 Å². The maximum absolute atomic E-state index is 12.6. The van der Waals surface area contributed by atoms with Crippen LogP contribution in [-0.4, -0.2) is 32.4 Å². The van der Waals surface area contributed by atoms with Crippen molar-refractivity contribution in [1.82, 2.24) is 19.6 Å². The van der Waals surface area contributed by atoms with Gasteiger partial charge in [-0.15, -0.1) is 0 Å². The summed E-state index contributed by atoms with van der Waals surface area (Å²) in [6.07, 6.45) is 2.84. The molecule has 0 saturated heterocycles. The van der Waals surface area contributed by atoms with Crippen molar-refractivity contribution in [3.8, 4) is 5.75 Å². The average molecular weight is 419 g/mol. The van der Waals surface area contributed by atoms with E-state index in [1.165, 1.54) is 6.20 Å². The predicted molar refractivity (Wildman–Crippen MR) is 101 cm³/mol. The Morgan fingerprint density at radius 3 is 2.86 bits per heavy atom. The summed E-state index contributed by atoms with van der Waals surface area (Å²) in [5.41, 5.74) is 2.81. The molecule has 1 aromatic carbocycles. The van der Waals surface area contributed by atoms with Crippen molar-refractivity contribution in [3.63, 3.8) is 0 Å². The lowest BCUT2D eigenvalue weighted by Gasteiger charge is -2.12. The first kappa shape index (κ1) is 18.2. The number of ether oxygens (including phenoxy) is 1. The van der Waals surface area contributed by atoms with Crippen molar-refractivity contribution in [1.29, 1.82) is 0 Å². The lowest BCUT2D eigenvalue weighted by atomic mass is 10.0. The molecule has 0 bridgehead atoms. The van der Waals surface area contributed by atoms with Crippen LogP contribution in [0.5, 0.6) is 5.75 Å². The highest BCUT2D eigenvalue weighted by atomic mass is 35.5. The molecular formula is C20H14ClF3N4O. The van der Waals surface area contributed by atoms with Gasteiger partial charge in [-0.05, 0) is 36.0 Å². The maximum Gasteiger partial charge on any atom is 0.422 e. The molecule has 0 amide bonds. The molecule has 1 aliphatic rings. The molecule has 3 heterocycles. The van der Waals surface area contributed by atoms with Gasteiger partial charge in [-0.25, -0.2) is 9.50 Å². The zero-order valence-corrected chi connectivity index (χ0v) is 15.7. The first-order valence-electron chi connectivity index (χ1n) is 8.96. The second-order valence-electron chi connectivity index (χ2n) is 7.09. The topological polar surface area (TPSA) is 52.3 Å². The zero-order chi connectivity index (χ0) is 20.2. The van der Waals surface area contributed by atoms with E-state index in [1.54, 1.807) is 23.1 Å². The number of hydrogen-bond acceptors (Lipinski definition) is 4. The van der Waals surface area contributed by atoms with Crippen molar-refractivity contribution < 1.29 is 17.9 Å². The summed E-state index contributed by atoms with van der Waals surface area (Å²) in [5, 5.41) is 5.94. The monoisotopic (exact) mass is 418 g/mol. The third-order valence-electron chi connectivity index (χ3n) is 5.12. The van der Waals surface area contributed by atoms with Gasteiger partial charge in [0.15, 0.2) is 12.3 Å². The summed E-state index contributed by atoms with van der Waals surface area (Å²) in [7, 11) is 0. The summed E-state index contributed by atoms with van der Waals surface area (Å²) in [4.78, 5) is 8.35. The standard InChI is InChI=1S/C20H14ClF3N4O/c21-18-7-16(19-26-3-4-28(19)27-18)15-6-13(15)11-1-2-12-8-25-9-17(14(12)5-11)29-10-20(22,23)24/h1-5,7-9,13,15H,6,10H2/t13-,15+/m1/s1. The molecule has 4 aromatic rings. The van der Waals surface area contributed by atoms with Gasteiger partial charge >= 0.3 is 6.18 Å². The van der Waals surface area contributed by atoms with E-state index in [0.29, 0.717) is 10.5 Å². The van der Waals surface area contributed by atoms with Crippen LogP contribution in [0.1, 0.15) is 29.4 Å². The van der Waals surface area contributed by atoms with Crippen molar-refractivity contribution in [2.75, 3.05) is 6.61 Å². The van der Waals surface area contributed by atoms with Crippen LogP contribution in [0, 0.1) is 0 Å². The van der Waals surface area contributed by atoms with Crippen LogP contribution in [0.4, 0.5) is 13.2 Å². The van der Waals surface area contributed by atoms with Crippen LogP contribution >= 0.6 is 11.6 Å². The third kappa shape index (κ3) is 3.48. The number of imidazole rings is 1. The van der Waals surface area contributed by atoms with E-state index in [0.717, 1.165) is 28.6 Å². The normalized spacial score (nSPS) is 19.0. The highest BCUT2D eigenvalue weighted by Gasteiger charge is 2.41. The number of nitrogens with zero attached hydrogens (tertiary/aromatic N) is 4. The Hall–Kier alpha value is -2.87. The molecule has 1 aliphatic carbocycles. The Balaban J connectivity index is 1.48. The molecule has 1 saturated carbocycles. The van der Waals surface area contributed by atoms with E-state index < -0.39 is 12.8 Å². The SMILES string of the molecule is FC(F)(F)COc1cncc2ccc([C@H]3C[C@@H]3c3cc(Cl)nn4ccnc34)cc12. The summed E-state index contributed by atoms with van der Waals surface area (Å²) >= 11 is 6.14. The van der Waals surface area contributed by atoms with Crippen LogP contribution in [0.25, 0.3) is 16.4 Å². The van der Waals surface area contributed by atoms with Gasteiger partial charge in [0.2, 0.25) is 0 Å². The largest absolute Gasteiger partial charge is 0.482 e. The number of benzene rings is 1. The molecule has 29 heavy (non-hydrogen) atoms. The fourth-order valence-corrected chi connectivity index (χ4v) is 3.95. The van der Waals surface area contributed by atoms with Crippen molar-refractivity contribution in [3.05, 3.63) is 65.3 Å². The molecule has 0 unspecified atom stereocenters. The molecule has 5 rings (SSSR count). The lowest BCUT2D eigenvalue weighted by Crippen LogP contribution is -2.19. The summed E-state index contributed by atoms with van der Waals surface area (Å²) in [6.45, 7) is -1.35. The second-order valence-corrected chi connectivity index (χ2v) is 7.48. The quantitative estimate of drug-likeness (QED) is 0.460. The summed E-state index contributed by atoms with van der Waals surface area (Å²) in [6, 6.07) is 7.56. The van der Waals surface area contributed by atoms with E-state index in [2.05, 4.69) is 15.1 Å². The number of aromatic nitrogens is 4. The number of hydrogen-bond donors (Lipinski definition) is 0. The Morgan fingerprint density at radius 2 is 2.03 bits per heavy atom. The van der Waals surface area contributed by atoms with E-state index in [1.807, 2.05) is 24.3 Å². The number of alkyl halides is 3. The highest BCUT2D eigenvalue weighted by Crippen LogP contribution is 2.56. The summed E-state index contributed by atoms with van der Waals surface area (Å²) < 4.78 is 44.3. The van der Waals surface area contributed by atoms with E-state index in [9.17, 15) is 13.2 Å². The van der Waals surface area contributed by atoms with Gasteiger partial charge in [0.05, 0.1) is 6.20 Å². The fraction of sp³-hybridized carbons (Fsp3) is 0.250. The molecule has 148 valence electrons. The highest BCUT2D eigenvalue weighted by molar-refractivity contribution is 6.29. The Kier molecular flexibility index (Phi) is 4.13. The van der Waals surface area contributed by atoms with Gasteiger partial charge in [-0.2, -0.15) is 18.3 Å². The van der Waals surface area contributed by atoms with Crippen LogP contribution in [0.3, 0.4) is 0 Å². The molecular weight excluding hydrogens is 405 g/mol. The fourth-order valence-electron chi connectivity index (χ4n) is 3.75. The van der Waals surface area contributed by atoms with E-state index in [-0.39, 0.29) is 17.6 Å². The van der Waals surface area contributed by atoms with Crippen LogP contribution in [0.2, 0.25) is 5.15 Å². The Bertz CT molecular complexity index is 1220. The molecule has 0 radical (unpaired) electrons. The molecule has 9 heteroatoms. The molecule has 0 spiro atoms. The van der Waals surface area contributed by atoms with Gasteiger partial charge in [0, 0.05) is 34.9 Å². The van der Waals surface area contributed by atoms with Gasteiger partial charge in [-0.1, -0.05) is 23.7 Å². The molecule has 2 atom stereocenters. The van der Waals surface area contributed by atoms with Crippen LogP contribution < -0.4 is 4.74 Å². The van der Waals surface area contributed by atoms with Gasteiger partial charge in [0.25, 0.3) is 0 Å². The van der Waals surface area contributed by atoms with Gasteiger partial charge in [-0.3, -0.25) is 4.98 Å². The molecule has 0 N–H and O–H groups in total. The van der Waals surface area contributed by atoms with Crippen molar-refractivity contribution in [2.24, 2.45) is 0 Å². The van der Waals surface area contributed by atoms with E-state index in [4.69, 9.17) is 16.3 Å². The predicted octanol–water partition coefficient (Wildman–Crippen LogP) is 5.14. The van der Waals surface area contributed by atoms with Crippen molar-refractivity contribution in [2.45, 2.75) is 24.4 Å². The minimum absolute atomic E-state index is 0.126. The first-order valence-corrected chi connectivity index (χ1v) is 9.34. The number of fused-ring (bicyclic) bond motifs is 2. The Morgan fingerprint density at radius 1 is 1.17 bits per heavy atom. The number of rotatable bonds is 4. The lowest BCUT2D eigenvalue weighted by molar-refractivity contribution is -0.153. The van der Waals surface area contributed by atoms with E-state index >= 15 is 0 Å². The first-order chi connectivity index (χ1) is 13.9. The molecule has 1 fully saturated rings. The molecule has 3 aromatic heterocycles.